The van der Waals surface area contributed by atoms with Crippen LogP contribution in [0.25, 0.3) is 0 Å². The molecule has 2 aliphatic heterocycles. The number of aromatic amines is 1. The molecule has 0 bridgehead atoms. The van der Waals surface area contributed by atoms with Gasteiger partial charge in [-0.15, -0.1) is 0 Å². The first kappa shape index (κ1) is 14.1. The molecule has 1 saturated heterocycles. The molecule has 0 unspecified atom stereocenters. The van der Waals surface area contributed by atoms with Crippen LogP contribution in [0.3, 0.4) is 0 Å². The highest BCUT2D eigenvalue weighted by molar-refractivity contribution is 6.39. The number of nitrogens with zero attached hydrogens (tertiary/aromatic N) is 2. The van der Waals surface area contributed by atoms with Gasteiger partial charge in [-0.25, -0.2) is 0 Å². The fourth-order valence-corrected chi connectivity index (χ4v) is 3.40. The summed E-state index contributed by atoms with van der Waals surface area (Å²) in [6.45, 7) is 0.775. The molecule has 2 atom stereocenters. The Balaban J connectivity index is 1.47. The Morgan fingerprint density at radius 3 is 2.87 bits per heavy atom. The first-order chi connectivity index (χ1) is 11.3. The van der Waals surface area contributed by atoms with Crippen molar-refractivity contribution in [2.24, 2.45) is 5.16 Å². The van der Waals surface area contributed by atoms with Gasteiger partial charge in [0, 0.05) is 24.9 Å². The summed E-state index contributed by atoms with van der Waals surface area (Å²) in [7, 11) is 0. The second-order valence-electron chi connectivity index (χ2n) is 6.03. The van der Waals surface area contributed by atoms with Crippen molar-refractivity contribution in [1.82, 2.24) is 9.88 Å². The van der Waals surface area contributed by atoms with E-state index < -0.39 is 0 Å². The second kappa shape index (κ2) is 5.91. The van der Waals surface area contributed by atoms with Gasteiger partial charge < -0.3 is 14.7 Å². The number of carbonyl (C=O) groups excluding carboxylic acids is 1. The Labute approximate surface area is 134 Å². The van der Waals surface area contributed by atoms with Gasteiger partial charge in [-0.1, -0.05) is 35.5 Å². The number of oxime groups is 1. The van der Waals surface area contributed by atoms with Crippen molar-refractivity contribution in [1.29, 1.82) is 0 Å². The molecule has 0 aliphatic carbocycles. The summed E-state index contributed by atoms with van der Waals surface area (Å²) >= 11 is 0. The molecule has 1 aromatic heterocycles. The predicted octanol–water partition coefficient (Wildman–Crippen LogP) is 3.20. The Hall–Kier alpha value is -2.56. The standard InChI is InChI=1S/C18H19N3O2/c22-18(21-11-5-9-16(21)14-8-4-10-19-14)15-12-17(23-20-15)13-6-2-1-3-7-13/h1-4,6-8,10,16-17,19H,5,9,11-12H2/t16-,17+/m0/s1. The van der Waals surface area contributed by atoms with Crippen LogP contribution in [0.4, 0.5) is 0 Å². The van der Waals surface area contributed by atoms with Crippen molar-refractivity contribution in [3.8, 4) is 0 Å². The molecule has 0 radical (unpaired) electrons. The lowest BCUT2D eigenvalue weighted by atomic mass is 10.0. The van der Waals surface area contributed by atoms with E-state index in [0.29, 0.717) is 12.1 Å². The highest BCUT2D eigenvalue weighted by atomic mass is 16.6. The van der Waals surface area contributed by atoms with Crippen LogP contribution in [0.15, 0.2) is 53.8 Å². The van der Waals surface area contributed by atoms with E-state index in [-0.39, 0.29) is 18.1 Å². The lowest BCUT2D eigenvalue weighted by Crippen LogP contribution is -2.35. The van der Waals surface area contributed by atoms with E-state index in [2.05, 4.69) is 10.1 Å². The lowest BCUT2D eigenvalue weighted by Gasteiger charge is -2.23. The maximum atomic E-state index is 12.8. The zero-order valence-electron chi connectivity index (χ0n) is 12.8. The van der Waals surface area contributed by atoms with Gasteiger partial charge in [-0.05, 0) is 30.5 Å². The molecule has 118 valence electrons. The third-order valence-corrected chi connectivity index (χ3v) is 4.58. The smallest absolute Gasteiger partial charge is 0.272 e. The molecule has 5 nitrogen and oxygen atoms in total. The molecule has 3 heterocycles. The average molecular weight is 309 g/mol. The molecule has 0 saturated carbocycles. The number of amides is 1. The van der Waals surface area contributed by atoms with Gasteiger partial charge >= 0.3 is 0 Å². The Kier molecular flexibility index (Phi) is 3.61. The minimum Gasteiger partial charge on any atom is -0.387 e. The maximum Gasteiger partial charge on any atom is 0.272 e. The van der Waals surface area contributed by atoms with E-state index in [1.54, 1.807) is 0 Å². The quantitative estimate of drug-likeness (QED) is 0.946. The van der Waals surface area contributed by atoms with E-state index in [4.69, 9.17) is 4.84 Å². The van der Waals surface area contributed by atoms with Crippen molar-refractivity contribution in [3.05, 3.63) is 59.9 Å². The number of likely N-dealkylation sites (tertiary alicyclic amines) is 1. The summed E-state index contributed by atoms with van der Waals surface area (Å²) in [6, 6.07) is 14.1. The molecule has 4 rings (SSSR count). The highest BCUT2D eigenvalue weighted by Crippen LogP contribution is 2.33. The second-order valence-corrected chi connectivity index (χ2v) is 6.03. The van der Waals surface area contributed by atoms with Crippen LogP contribution in [0.5, 0.6) is 0 Å². The molecule has 0 spiro atoms. The van der Waals surface area contributed by atoms with E-state index in [1.165, 1.54) is 0 Å². The molecule has 1 fully saturated rings. The number of rotatable bonds is 3. The number of benzene rings is 1. The number of hydrogen-bond donors (Lipinski definition) is 1. The van der Waals surface area contributed by atoms with Crippen molar-refractivity contribution in [2.45, 2.75) is 31.4 Å². The zero-order chi connectivity index (χ0) is 15.6. The molecular formula is C18H19N3O2. The number of nitrogens with one attached hydrogen (secondary N) is 1. The van der Waals surface area contributed by atoms with Crippen molar-refractivity contribution < 1.29 is 9.63 Å². The Morgan fingerprint density at radius 1 is 1.22 bits per heavy atom. The van der Waals surface area contributed by atoms with E-state index in [9.17, 15) is 4.79 Å². The molecule has 1 amide bonds. The van der Waals surface area contributed by atoms with Crippen LogP contribution in [0, 0.1) is 0 Å². The largest absolute Gasteiger partial charge is 0.387 e. The molecule has 2 aromatic rings. The summed E-state index contributed by atoms with van der Waals surface area (Å²) in [6.07, 6.45) is 4.30. The first-order valence-electron chi connectivity index (χ1n) is 8.05. The third-order valence-electron chi connectivity index (χ3n) is 4.58. The van der Waals surface area contributed by atoms with Crippen LogP contribution in [-0.2, 0) is 9.63 Å². The normalized spacial score (nSPS) is 23.7. The number of aromatic nitrogens is 1. The topological polar surface area (TPSA) is 57.7 Å². The van der Waals surface area contributed by atoms with E-state index in [1.807, 2.05) is 53.6 Å². The number of hydrogen-bond acceptors (Lipinski definition) is 3. The summed E-state index contributed by atoms with van der Waals surface area (Å²) in [5.41, 5.74) is 2.67. The van der Waals surface area contributed by atoms with Crippen molar-refractivity contribution in [3.63, 3.8) is 0 Å². The van der Waals surface area contributed by atoms with Gasteiger partial charge in [0.1, 0.15) is 5.71 Å². The predicted molar refractivity (Wildman–Crippen MR) is 86.8 cm³/mol. The minimum absolute atomic E-state index is 0.000492. The Bertz CT molecular complexity index is 709. The first-order valence-corrected chi connectivity index (χ1v) is 8.05. The van der Waals surface area contributed by atoms with Gasteiger partial charge in [0.05, 0.1) is 6.04 Å². The van der Waals surface area contributed by atoms with Crippen LogP contribution >= 0.6 is 0 Å². The van der Waals surface area contributed by atoms with Crippen LogP contribution < -0.4 is 0 Å². The SMILES string of the molecule is O=C(C1=NO[C@@H](c2ccccc2)C1)N1CCC[C@H]1c1ccc[nH]1. The third kappa shape index (κ3) is 2.63. The molecular weight excluding hydrogens is 290 g/mol. The van der Waals surface area contributed by atoms with Crippen LogP contribution in [-0.4, -0.2) is 28.0 Å². The number of carbonyl (C=O) groups is 1. The molecule has 23 heavy (non-hydrogen) atoms. The minimum atomic E-state index is -0.151. The summed E-state index contributed by atoms with van der Waals surface area (Å²) in [5, 5.41) is 4.07. The number of H-pyrrole nitrogens is 1. The van der Waals surface area contributed by atoms with Crippen LogP contribution in [0.2, 0.25) is 0 Å². The maximum absolute atomic E-state index is 12.8. The zero-order valence-corrected chi connectivity index (χ0v) is 12.8. The van der Waals surface area contributed by atoms with E-state index in [0.717, 1.165) is 30.6 Å². The van der Waals surface area contributed by atoms with Crippen molar-refractivity contribution in [2.75, 3.05) is 6.54 Å². The fourth-order valence-electron chi connectivity index (χ4n) is 3.40. The monoisotopic (exact) mass is 309 g/mol. The van der Waals surface area contributed by atoms with Crippen LogP contribution in [0.1, 0.15) is 42.7 Å². The highest BCUT2D eigenvalue weighted by Gasteiger charge is 2.36. The lowest BCUT2D eigenvalue weighted by molar-refractivity contribution is -0.125. The summed E-state index contributed by atoms with van der Waals surface area (Å²) in [5.74, 6) is 0.000492. The summed E-state index contributed by atoms with van der Waals surface area (Å²) < 4.78 is 0. The van der Waals surface area contributed by atoms with Gasteiger partial charge in [0.15, 0.2) is 6.10 Å². The molecule has 1 aromatic carbocycles. The van der Waals surface area contributed by atoms with Gasteiger partial charge in [-0.2, -0.15) is 0 Å². The van der Waals surface area contributed by atoms with E-state index >= 15 is 0 Å². The van der Waals surface area contributed by atoms with Crippen molar-refractivity contribution >= 4 is 11.6 Å². The molecule has 5 heteroatoms. The summed E-state index contributed by atoms with van der Waals surface area (Å²) in [4.78, 5) is 23.5. The van der Waals surface area contributed by atoms with Gasteiger partial charge in [0.2, 0.25) is 0 Å². The molecule has 2 aliphatic rings. The van der Waals surface area contributed by atoms with Gasteiger partial charge in [0.25, 0.3) is 5.91 Å². The average Bonchev–Trinajstić information content (AvgIpc) is 3.34. The molecule has 1 N–H and O–H groups in total. The Morgan fingerprint density at radius 2 is 2.09 bits per heavy atom. The fraction of sp³-hybridized carbons (Fsp3) is 0.333. The van der Waals surface area contributed by atoms with Gasteiger partial charge in [-0.3, -0.25) is 4.79 Å².